The van der Waals surface area contributed by atoms with Crippen LogP contribution in [0, 0.1) is 5.92 Å². The molecule has 2 aromatic carbocycles. The quantitative estimate of drug-likeness (QED) is 0.722. The van der Waals surface area contributed by atoms with Gasteiger partial charge in [0.15, 0.2) is 0 Å². The van der Waals surface area contributed by atoms with Crippen LogP contribution in [0.3, 0.4) is 0 Å². The minimum absolute atomic E-state index is 0.641. The van der Waals surface area contributed by atoms with Gasteiger partial charge in [0.2, 0.25) is 0 Å². The van der Waals surface area contributed by atoms with Crippen LogP contribution in [0.15, 0.2) is 42.5 Å². The number of ether oxygens (including phenoxy) is 1. The van der Waals surface area contributed by atoms with Crippen LogP contribution in [0.5, 0.6) is 5.75 Å². The molecule has 1 aliphatic heterocycles. The Kier molecular flexibility index (Phi) is 5.24. The molecule has 2 aromatic rings. The molecule has 4 rings (SSSR count). The standard InChI is InChI=1S/C23H28ClNO/c1-16-14-21-19-4-3-5-23(26-2)20(19)10-11-22(21)25(15-16)13-12-17-6-8-18(24)9-7-17/h3-9,16,21-22H,10-15H2,1-2H3. The number of rotatable bonds is 4. The first-order chi connectivity index (χ1) is 12.7. The first-order valence-corrected chi connectivity index (χ1v) is 10.2. The van der Waals surface area contributed by atoms with E-state index in [1.165, 1.54) is 36.1 Å². The predicted molar refractivity (Wildman–Crippen MR) is 108 cm³/mol. The number of piperidine rings is 1. The third kappa shape index (κ3) is 3.50. The molecule has 0 N–H and O–H groups in total. The zero-order valence-corrected chi connectivity index (χ0v) is 16.5. The van der Waals surface area contributed by atoms with Crippen LogP contribution in [-0.4, -0.2) is 31.1 Å². The van der Waals surface area contributed by atoms with E-state index < -0.39 is 0 Å². The molecule has 0 saturated carbocycles. The average Bonchev–Trinajstić information content (AvgIpc) is 2.66. The van der Waals surface area contributed by atoms with E-state index in [1.807, 2.05) is 12.1 Å². The van der Waals surface area contributed by atoms with Crippen molar-refractivity contribution in [3.05, 3.63) is 64.2 Å². The molecule has 0 aromatic heterocycles. The van der Waals surface area contributed by atoms with Gasteiger partial charge < -0.3 is 4.74 Å². The van der Waals surface area contributed by atoms with E-state index in [-0.39, 0.29) is 0 Å². The van der Waals surface area contributed by atoms with Gasteiger partial charge in [-0.2, -0.15) is 0 Å². The van der Waals surface area contributed by atoms with Gasteiger partial charge in [0.1, 0.15) is 5.75 Å². The van der Waals surface area contributed by atoms with E-state index in [2.05, 4.69) is 42.2 Å². The Balaban J connectivity index is 1.53. The van der Waals surface area contributed by atoms with Crippen molar-refractivity contribution in [2.75, 3.05) is 20.2 Å². The summed E-state index contributed by atoms with van der Waals surface area (Å²) in [5.74, 6) is 2.45. The zero-order valence-electron chi connectivity index (χ0n) is 15.7. The number of hydrogen-bond donors (Lipinski definition) is 0. The van der Waals surface area contributed by atoms with E-state index >= 15 is 0 Å². The van der Waals surface area contributed by atoms with Crippen molar-refractivity contribution in [3.63, 3.8) is 0 Å². The van der Waals surface area contributed by atoms with Crippen molar-refractivity contribution in [3.8, 4) is 5.75 Å². The molecule has 0 bridgehead atoms. The van der Waals surface area contributed by atoms with Gasteiger partial charge in [-0.3, -0.25) is 4.90 Å². The lowest BCUT2D eigenvalue weighted by atomic mass is 9.71. The van der Waals surface area contributed by atoms with Crippen molar-refractivity contribution in [2.45, 2.75) is 44.6 Å². The monoisotopic (exact) mass is 369 g/mol. The summed E-state index contributed by atoms with van der Waals surface area (Å²) in [6.45, 7) is 4.75. The van der Waals surface area contributed by atoms with Gasteiger partial charge in [0, 0.05) is 30.1 Å². The number of nitrogens with zero attached hydrogens (tertiary/aromatic N) is 1. The number of hydrogen-bond acceptors (Lipinski definition) is 2. The molecule has 3 heteroatoms. The molecule has 1 aliphatic carbocycles. The lowest BCUT2D eigenvalue weighted by Crippen LogP contribution is -2.49. The number of fused-ring (bicyclic) bond motifs is 3. The van der Waals surface area contributed by atoms with Gasteiger partial charge in [-0.1, -0.05) is 42.8 Å². The summed E-state index contributed by atoms with van der Waals surface area (Å²) in [4.78, 5) is 2.75. The molecule has 26 heavy (non-hydrogen) atoms. The van der Waals surface area contributed by atoms with Crippen LogP contribution in [0.4, 0.5) is 0 Å². The Morgan fingerprint density at radius 3 is 2.73 bits per heavy atom. The molecule has 0 radical (unpaired) electrons. The molecule has 3 unspecified atom stereocenters. The fourth-order valence-corrected chi connectivity index (χ4v) is 5.16. The highest BCUT2D eigenvalue weighted by Gasteiger charge is 2.39. The summed E-state index contributed by atoms with van der Waals surface area (Å²) < 4.78 is 5.64. The summed E-state index contributed by atoms with van der Waals surface area (Å²) in [5, 5.41) is 0.818. The normalized spacial score (nSPS) is 25.4. The van der Waals surface area contributed by atoms with Crippen LogP contribution >= 0.6 is 11.6 Å². The van der Waals surface area contributed by atoms with E-state index in [1.54, 1.807) is 7.11 Å². The van der Waals surface area contributed by atoms with Gasteiger partial charge in [-0.15, -0.1) is 0 Å². The molecule has 1 fully saturated rings. The second-order valence-corrected chi connectivity index (χ2v) is 8.39. The molecular formula is C23H28ClNO. The minimum Gasteiger partial charge on any atom is -0.496 e. The summed E-state index contributed by atoms with van der Waals surface area (Å²) in [5.41, 5.74) is 4.36. The third-order valence-corrected chi connectivity index (χ3v) is 6.47. The highest BCUT2D eigenvalue weighted by molar-refractivity contribution is 6.30. The maximum atomic E-state index is 6.02. The Labute approximate surface area is 162 Å². The molecule has 1 saturated heterocycles. The number of halogens is 1. The largest absolute Gasteiger partial charge is 0.496 e. The fraction of sp³-hybridized carbons (Fsp3) is 0.478. The summed E-state index contributed by atoms with van der Waals surface area (Å²) in [6, 6.07) is 15.6. The fourth-order valence-electron chi connectivity index (χ4n) is 5.04. The second-order valence-electron chi connectivity index (χ2n) is 7.95. The number of likely N-dealkylation sites (tertiary alicyclic amines) is 1. The van der Waals surface area contributed by atoms with E-state index in [0.29, 0.717) is 12.0 Å². The van der Waals surface area contributed by atoms with E-state index in [4.69, 9.17) is 16.3 Å². The van der Waals surface area contributed by atoms with Crippen molar-refractivity contribution >= 4 is 11.6 Å². The average molecular weight is 370 g/mol. The second kappa shape index (κ2) is 7.62. The van der Waals surface area contributed by atoms with Crippen molar-refractivity contribution in [2.24, 2.45) is 5.92 Å². The van der Waals surface area contributed by atoms with Crippen LogP contribution in [0.1, 0.15) is 42.4 Å². The first-order valence-electron chi connectivity index (χ1n) is 9.80. The van der Waals surface area contributed by atoms with Crippen molar-refractivity contribution in [1.82, 2.24) is 4.90 Å². The third-order valence-electron chi connectivity index (χ3n) is 6.22. The molecule has 1 heterocycles. The zero-order chi connectivity index (χ0) is 18.1. The summed E-state index contributed by atoms with van der Waals surface area (Å²) >= 11 is 6.02. The molecule has 138 valence electrons. The Morgan fingerprint density at radius 1 is 1.15 bits per heavy atom. The van der Waals surface area contributed by atoms with Crippen LogP contribution in [0.25, 0.3) is 0 Å². The molecular weight excluding hydrogens is 342 g/mol. The number of methoxy groups -OCH3 is 1. The number of benzene rings is 2. The lowest BCUT2D eigenvalue weighted by Gasteiger charge is -2.47. The molecule has 2 aliphatic rings. The van der Waals surface area contributed by atoms with Crippen LogP contribution < -0.4 is 4.74 Å². The Bertz CT molecular complexity index is 757. The molecule has 3 atom stereocenters. The Morgan fingerprint density at radius 2 is 1.96 bits per heavy atom. The predicted octanol–water partition coefficient (Wildman–Crippen LogP) is 5.33. The highest BCUT2D eigenvalue weighted by atomic mass is 35.5. The van der Waals surface area contributed by atoms with Crippen molar-refractivity contribution < 1.29 is 4.74 Å². The van der Waals surface area contributed by atoms with Gasteiger partial charge in [-0.25, -0.2) is 0 Å². The van der Waals surface area contributed by atoms with Gasteiger partial charge in [0.05, 0.1) is 7.11 Å². The lowest BCUT2D eigenvalue weighted by molar-refractivity contribution is 0.0819. The topological polar surface area (TPSA) is 12.5 Å². The molecule has 0 amide bonds. The minimum atomic E-state index is 0.641. The summed E-state index contributed by atoms with van der Waals surface area (Å²) in [7, 11) is 1.80. The maximum Gasteiger partial charge on any atom is 0.122 e. The van der Waals surface area contributed by atoms with Gasteiger partial charge in [0.25, 0.3) is 0 Å². The van der Waals surface area contributed by atoms with E-state index in [9.17, 15) is 0 Å². The SMILES string of the molecule is COc1cccc2c1CCC1C2CC(C)CN1CCc1ccc(Cl)cc1. The van der Waals surface area contributed by atoms with Crippen LogP contribution in [-0.2, 0) is 12.8 Å². The Hall–Kier alpha value is -1.51. The maximum absolute atomic E-state index is 6.02. The highest BCUT2D eigenvalue weighted by Crippen LogP contribution is 2.44. The summed E-state index contributed by atoms with van der Waals surface area (Å²) in [6.07, 6.45) is 4.76. The molecule has 0 spiro atoms. The molecule has 2 nitrogen and oxygen atoms in total. The van der Waals surface area contributed by atoms with Gasteiger partial charge in [-0.05, 0) is 66.5 Å². The van der Waals surface area contributed by atoms with Crippen molar-refractivity contribution in [1.29, 1.82) is 0 Å². The first kappa shape index (κ1) is 17.9. The van der Waals surface area contributed by atoms with Crippen LogP contribution in [0.2, 0.25) is 5.02 Å². The van der Waals surface area contributed by atoms with Gasteiger partial charge >= 0.3 is 0 Å². The van der Waals surface area contributed by atoms with E-state index in [0.717, 1.165) is 36.1 Å². The smallest absolute Gasteiger partial charge is 0.122 e.